The Morgan fingerprint density at radius 2 is 1.50 bits per heavy atom. The summed E-state index contributed by atoms with van der Waals surface area (Å²) in [7, 11) is 2.01. The molecule has 0 radical (unpaired) electrons. The van der Waals surface area contributed by atoms with Gasteiger partial charge < -0.3 is 4.90 Å². The summed E-state index contributed by atoms with van der Waals surface area (Å²) in [6.45, 7) is 7.31. The van der Waals surface area contributed by atoms with Crippen molar-refractivity contribution in [3.05, 3.63) is 36.1 Å². The zero-order chi connectivity index (χ0) is 15.4. The molecule has 1 aromatic rings. The third kappa shape index (κ3) is 9.81. The van der Waals surface area contributed by atoms with Gasteiger partial charge in [-0.15, -0.1) is 0 Å². The first kappa shape index (κ1) is 18.9. The van der Waals surface area contributed by atoms with Gasteiger partial charge in [0.2, 0.25) is 0 Å². The van der Waals surface area contributed by atoms with Crippen molar-refractivity contribution in [1.82, 2.24) is 9.80 Å². The molecule has 2 nitrogen and oxygen atoms in total. The quantitative estimate of drug-likeness (QED) is 0.824. The number of hydrogen-bond donors (Lipinski definition) is 0. The van der Waals surface area contributed by atoms with E-state index in [0.717, 1.165) is 26.2 Å². The lowest BCUT2D eigenvalue weighted by Crippen LogP contribution is -2.45. The van der Waals surface area contributed by atoms with Gasteiger partial charge in [0.05, 0.1) is 6.54 Å². The Labute approximate surface area is 120 Å². The standard InChI is InChI=1S/C7H14F2N2.C6H5F.C2H6/c1-10-2-4-11(5-3-10)6-7(8)9;7-6-4-2-1-3-5-6;1-2/h7H,2-6H2,1H3;1-5H;1-2H3. The highest BCUT2D eigenvalue weighted by Gasteiger charge is 2.16. The summed E-state index contributed by atoms with van der Waals surface area (Å²) in [5.74, 6) is -0.178. The fourth-order valence-electron chi connectivity index (χ4n) is 1.64. The minimum absolute atomic E-state index is 0.0617. The molecule has 0 N–H and O–H groups in total. The SMILES string of the molecule is CC.CN1CCN(CC(F)F)CC1.Fc1ccccc1. The molecule has 2 rings (SSSR count). The highest BCUT2D eigenvalue weighted by atomic mass is 19.3. The van der Waals surface area contributed by atoms with Crippen LogP contribution in [0.15, 0.2) is 30.3 Å². The molecule has 0 atom stereocenters. The van der Waals surface area contributed by atoms with Crippen molar-refractivity contribution in [3.8, 4) is 0 Å². The van der Waals surface area contributed by atoms with Gasteiger partial charge in [-0.3, -0.25) is 4.90 Å². The zero-order valence-electron chi connectivity index (χ0n) is 12.5. The summed E-state index contributed by atoms with van der Waals surface area (Å²) in [5, 5.41) is 0. The summed E-state index contributed by atoms with van der Waals surface area (Å²) >= 11 is 0. The second kappa shape index (κ2) is 11.7. The topological polar surface area (TPSA) is 6.48 Å². The Bertz CT molecular complexity index is 312. The van der Waals surface area contributed by atoms with E-state index in [0.29, 0.717) is 0 Å². The molecular weight excluding hydrogens is 265 g/mol. The zero-order valence-corrected chi connectivity index (χ0v) is 12.5. The van der Waals surface area contributed by atoms with Gasteiger partial charge in [0.25, 0.3) is 6.43 Å². The molecule has 1 aliphatic heterocycles. The van der Waals surface area contributed by atoms with Gasteiger partial charge in [0.1, 0.15) is 5.82 Å². The van der Waals surface area contributed by atoms with Crippen molar-refractivity contribution in [2.75, 3.05) is 39.8 Å². The number of hydrogen-bond acceptors (Lipinski definition) is 2. The molecule has 0 spiro atoms. The van der Waals surface area contributed by atoms with Crippen LogP contribution >= 0.6 is 0 Å². The van der Waals surface area contributed by atoms with Crippen molar-refractivity contribution in [2.45, 2.75) is 20.3 Å². The lowest BCUT2D eigenvalue weighted by atomic mass is 10.3. The van der Waals surface area contributed by atoms with Gasteiger partial charge in [-0.1, -0.05) is 32.0 Å². The summed E-state index contributed by atoms with van der Waals surface area (Å²) in [6, 6.07) is 7.94. The number of benzene rings is 1. The highest BCUT2D eigenvalue weighted by molar-refractivity contribution is 5.02. The monoisotopic (exact) mass is 290 g/mol. The van der Waals surface area contributed by atoms with E-state index < -0.39 is 6.43 Å². The average Bonchev–Trinajstić information content (AvgIpc) is 2.45. The molecule has 116 valence electrons. The first-order valence-corrected chi connectivity index (χ1v) is 6.97. The Morgan fingerprint density at radius 3 is 1.85 bits per heavy atom. The van der Waals surface area contributed by atoms with Crippen molar-refractivity contribution in [3.63, 3.8) is 0 Å². The third-order valence-electron chi connectivity index (χ3n) is 2.73. The van der Waals surface area contributed by atoms with Crippen molar-refractivity contribution in [1.29, 1.82) is 0 Å². The highest BCUT2D eigenvalue weighted by Crippen LogP contribution is 2.02. The smallest absolute Gasteiger partial charge is 0.251 e. The minimum Gasteiger partial charge on any atom is -0.304 e. The van der Waals surface area contributed by atoms with E-state index in [1.807, 2.05) is 25.8 Å². The van der Waals surface area contributed by atoms with Crippen molar-refractivity contribution < 1.29 is 13.2 Å². The van der Waals surface area contributed by atoms with Gasteiger partial charge in [0.15, 0.2) is 0 Å². The number of halogens is 3. The summed E-state index contributed by atoms with van der Waals surface area (Å²) in [4.78, 5) is 3.96. The first-order chi connectivity index (χ1) is 9.58. The molecule has 1 saturated heterocycles. The maximum atomic E-state index is 11.9. The van der Waals surface area contributed by atoms with E-state index in [4.69, 9.17) is 0 Å². The molecule has 1 heterocycles. The molecule has 0 saturated carbocycles. The van der Waals surface area contributed by atoms with E-state index in [-0.39, 0.29) is 12.4 Å². The fourth-order valence-corrected chi connectivity index (χ4v) is 1.64. The van der Waals surface area contributed by atoms with Gasteiger partial charge in [-0.2, -0.15) is 0 Å². The number of rotatable bonds is 2. The third-order valence-corrected chi connectivity index (χ3v) is 2.73. The number of nitrogens with zero attached hydrogens (tertiary/aromatic N) is 2. The lowest BCUT2D eigenvalue weighted by molar-refractivity contribution is 0.0624. The molecule has 0 aliphatic carbocycles. The van der Waals surface area contributed by atoms with Gasteiger partial charge >= 0.3 is 0 Å². The molecule has 0 unspecified atom stereocenters. The predicted octanol–water partition coefficient (Wildman–Crippen LogP) is 3.35. The van der Waals surface area contributed by atoms with E-state index >= 15 is 0 Å². The van der Waals surface area contributed by atoms with E-state index in [1.54, 1.807) is 18.2 Å². The van der Waals surface area contributed by atoms with E-state index in [2.05, 4.69) is 4.90 Å². The Balaban J connectivity index is 0.000000345. The van der Waals surface area contributed by atoms with E-state index in [9.17, 15) is 13.2 Å². The number of likely N-dealkylation sites (N-methyl/N-ethyl adjacent to an activating group) is 1. The van der Waals surface area contributed by atoms with Gasteiger partial charge in [0, 0.05) is 26.2 Å². The fraction of sp³-hybridized carbons (Fsp3) is 0.600. The summed E-state index contributed by atoms with van der Waals surface area (Å²) < 4.78 is 35.6. The second-order valence-corrected chi connectivity index (χ2v) is 4.29. The van der Waals surface area contributed by atoms with Gasteiger partial charge in [-0.05, 0) is 19.2 Å². The number of alkyl halides is 2. The molecular formula is C15H25F3N2. The normalized spacial score (nSPS) is 15.9. The second-order valence-electron chi connectivity index (χ2n) is 4.29. The van der Waals surface area contributed by atoms with Crippen LogP contribution in [-0.2, 0) is 0 Å². The molecule has 1 aromatic carbocycles. The van der Waals surface area contributed by atoms with Crippen molar-refractivity contribution in [2.24, 2.45) is 0 Å². The molecule has 0 bridgehead atoms. The van der Waals surface area contributed by atoms with Crippen LogP contribution in [-0.4, -0.2) is 56.0 Å². The van der Waals surface area contributed by atoms with Crippen LogP contribution in [0.25, 0.3) is 0 Å². The molecule has 1 fully saturated rings. The van der Waals surface area contributed by atoms with Crippen LogP contribution in [0.1, 0.15) is 13.8 Å². The van der Waals surface area contributed by atoms with Crippen LogP contribution < -0.4 is 0 Å². The molecule has 1 aliphatic rings. The average molecular weight is 290 g/mol. The van der Waals surface area contributed by atoms with Crippen molar-refractivity contribution >= 4 is 0 Å². The summed E-state index contributed by atoms with van der Waals surface area (Å²) in [5.41, 5.74) is 0. The number of piperazine rings is 1. The molecule has 5 heteroatoms. The molecule has 0 aromatic heterocycles. The maximum absolute atomic E-state index is 11.9. The largest absolute Gasteiger partial charge is 0.304 e. The van der Waals surface area contributed by atoms with Crippen LogP contribution in [0.3, 0.4) is 0 Å². The Hall–Kier alpha value is -1.07. The maximum Gasteiger partial charge on any atom is 0.251 e. The first-order valence-electron chi connectivity index (χ1n) is 6.97. The Kier molecular flexibility index (Phi) is 11.1. The van der Waals surface area contributed by atoms with Crippen LogP contribution in [0.5, 0.6) is 0 Å². The summed E-state index contributed by atoms with van der Waals surface area (Å²) in [6.07, 6.45) is -2.18. The predicted molar refractivity (Wildman–Crippen MR) is 77.7 cm³/mol. The minimum atomic E-state index is -2.18. The Morgan fingerprint density at radius 1 is 1.00 bits per heavy atom. The molecule has 20 heavy (non-hydrogen) atoms. The van der Waals surface area contributed by atoms with Crippen LogP contribution in [0, 0.1) is 5.82 Å². The van der Waals surface area contributed by atoms with Gasteiger partial charge in [-0.25, -0.2) is 13.2 Å². The molecule has 0 amide bonds. The van der Waals surface area contributed by atoms with Crippen LogP contribution in [0.2, 0.25) is 0 Å². The van der Waals surface area contributed by atoms with E-state index in [1.165, 1.54) is 12.1 Å². The lowest BCUT2D eigenvalue weighted by Gasteiger charge is -2.31. The van der Waals surface area contributed by atoms with Crippen LogP contribution in [0.4, 0.5) is 13.2 Å².